The third kappa shape index (κ3) is 2.15. The van der Waals surface area contributed by atoms with Gasteiger partial charge in [-0.25, -0.2) is 4.98 Å². The van der Waals surface area contributed by atoms with E-state index in [1.807, 2.05) is 13.8 Å². The van der Waals surface area contributed by atoms with Gasteiger partial charge >= 0.3 is 0 Å². The van der Waals surface area contributed by atoms with E-state index in [0.717, 1.165) is 5.56 Å². The maximum absolute atomic E-state index is 5.77. The minimum absolute atomic E-state index is 0.226. The molecule has 0 aliphatic carbocycles. The standard InChI is InChI=1S/C10H10ClN3O/c1-6(2)10-13-9(14-15-10)7-3-4-12-8(11)5-7/h3-6H,1-2H3. The lowest BCUT2D eigenvalue weighted by molar-refractivity contribution is 0.365. The van der Waals surface area contributed by atoms with E-state index in [0.29, 0.717) is 16.9 Å². The summed E-state index contributed by atoms with van der Waals surface area (Å²) < 4.78 is 5.10. The van der Waals surface area contributed by atoms with Crippen molar-refractivity contribution in [2.75, 3.05) is 0 Å². The minimum Gasteiger partial charge on any atom is -0.339 e. The van der Waals surface area contributed by atoms with E-state index in [4.69, 9.17) is 16.1 Å². The van der Waals surface area contributed by atoms with Crippen LogP contribution < -0.4 is 0 Å². The molecule has 15 heavy (non-hydrogen) atoms. The normalized spacial score (nSPS) is 10.9. The molecule has 0 amide bonds. The lowest BCUT2D eigenvalue weighted by Crippen LogP contribution is -1.87. The second-order valence-electron chi connectivity index (χ2n) is 3.48. The van der Waals surface area contributed by atoms with Crippen LogP contribution in [0.4, 0.5) is 0 Å². The molecule has 0 saturated heterocycles. The fourth-order valence-electron chi connectivity index (χ4n) is 1.13. The fraction of sp³-hybridized carbons (Fsp3) is 0.300. The van der Waals surface area contributed by atoms with Gasteiger partial charge in [-0.05, 0) is 12.1 Å². The van der Waals surface area contributed by atoms with Gasteiger partial charge in [0.2, 0.25) is 11.7 Å². The number of nitrogens with zero attached hydrogens (tertiary/aromatic N) is 3. The molecule has 0 spiro atoms. The number of pyridine rings is 1. The highest BCUT2D eigenvalue weighted by atomic mass is 35.5. The first-order chi connectivity index (χ1) is 7.16. The van der Waals surface area contributed by atoms with Crippen LogP contribution in [0.15, 0.2) is 22.9 Å². The molecule has 0 radical (unpaired) electrons. The van der Waals surface area contributed by atoms with Crippen molar-refractivity contribution in [3.05, 3.63) is 29.4 Å². The Bertz CT molecular complexity index is 467. The predicted molar refractivity (Wildman–Crippen MR) is 56.6 cm³/mol. The molecule has 2 aromatic heterocycles. The van der Waals surface area contributed by atoms with E-state index in [1.165, 1.54) is 0 Å². The van der Waals surface area contributed by atoms with E-state index >= 15 is 0 Å². The Morgan fingerprint density at radius 2 is 2.20 bits per heavy atom. The zero-order valence-corrected chi connectivity index (χ0v) is 9.19. The van der Waals surface area contributed by atoms with E-state index in [2.05, 4.69) is 15.1 Å². The summed E-state index contributed by atoms with van der Waals surface area (Å²) in [5.41, 5.74) is 0.811. The van der Waals surface area contributed by atoms with Gasteiger partial charge in [-0.1, -0.05) is 30.6 Å². The monoisotopic (exact) mass is 223 g/mol. The molecule has 0 aliphatic heterocycles. The number of hydrogen-bond donors (Lipinski definition) is 0. The van der Waals surface area contributed by atoms with Crippen LogP contribution in [0.3, 0.4) is 0 Å². The summed E-state index contributed by atoms with van der Waals surface area (Å²) in [6.45, 7) is 3.99. The summed E-state index contributed by atoms with van der Waals surface area (Å²) in [4.78, 5) is 8.14. The average molecular weight is 224 g/mol. The van der Waals surface area contributed by atoms with Gasteiger partial charge in [-0.2, -0.15) is 4.98 Å². The zero-order valence-electron chi connectivity index (χ0n) is 8.44. The number of rotatable bonds is 2. The maximum atomic E-state index is 5.77. The first-order valence-corrected chi connectivity index (χ1v) is 5.00. The Labute approximate surface area is 92.3 Å². The van der Waals surface area contributed by atoms with Crippen LogP contribution in [-0.4, -0.2) is 15.1 Å². The van der Waals surface area contributed by atoms with Crippen molar-refractivity contribution in [1.29, 1.82) is 0 Å². The molecule has 0 unspecified atom stereocenters. The molecular weight excluding hydrogens is 214 g/mol. The topological polar surface area (TPSA) is 51.8 Å². The molecule has 5 heteroatoms. The number of halogens is 1. The first-order valence-electron chi connectivity index (χ1n) is 4.62. The Balaban J connectivity index is 2.37. The molecule has 0 fully saturated rings. The second-order valence-corrected chi connectivity index (χ2v) is 3.87. The van der Waals surface area contributed by atoms with Gasteiger partial charge in [0.25, 0.3) is 0 Å². The van der Waals surface area contributed by atoms with Gasteiger partial charge in [0.05, 0.1) is 0 Å². The fourth-order valence-corrected chi connectivity index (χ4v) is 1.30. The van der Waals surface area contributed by atoms with Crippen molar-refractivity contribution in [1.82, 2.24) is 15.1 Å². The third-order valence-corrected chi connectivity index (χ3v) is 2.13. The number of hydrogen-bond acceptors (Lipinski definition) is 4. The molecule has 0 aliphatic rings. The highest BCUT2D eigenvalue weighted by molar-refractivity contribution is 6.29. The quantitative estimate of drug-likeness (QED) is 0.735. The molecule has 2 aromatic rings. The molecular formula is C10H10ClN3O. The van der Waals surface area contributed by atoms with Crippen molar-refractivity contribution >= 4 is 11.6 Å². The largest absolute Gasteiger partial charge is 0.339 e. The van der Waals surface area contributed by atoms with Gasteiger partial charge < -0.3 is 4.52 Å². The zero-order chi connectivity index (χ0) is 10.8. The number of aromatic nitrogens is 3. The first kappa shape index (κ1) is 10.1. The molecule has 2 heterocycles. The molecule has 0 atom stereocenters. The van der Waals surface area contributed by atoms with Gasteiger partial charge in [0, 0.05) is 17.7 Å². The third-order valence-electron chi connectivity index (χ3n) is 1.92. The van der Waals surface area contributed by atoms with Crippen LogP contribution in [0.5, 0.6) is 0 Å². The van der Waals surface area contributed by atoms with Gasteiger partial charge in [-0.15, -0.1) is 0 Å². The molecule has 0 N–H and O–H groups in total. The van der Waals surface area contributed by atoms with Gasteiger partial charge in [0.15, 0.2) is 0 Å². The average Bonchev–Trinajstić information content (AvgIpc) is 2.66. The maximum Gasteiger partial charge on any atom is 0.229 e. The van der Waals surface area contributed by atoms with Crippen LogP contribution in [0, 0.1) is 0 Å². The van der Waals surface area contributed by atoms with Crippen LogP contribution >= 0.6 is 11.6 Å². The van der Waals surface area contributed by atoms with Crippen molar-refractivity contribution in [3.8, 4) is 11.4 Å². The summed E-state index contributed by atoms with van der Waals surface area (Å²) in [7, 11) is 0. The molecule has 4 nitrogen and oxygen atoms in total. The summed E-state index contributed by atoms with van der Waals surface area (Å²) >= 11 is 5.77. The molecule has 0 bridgehead atoms. The summed E-state index contributed by atoms with van der Waals surface area (Å²) in [6.07, 6.45) is 1.61. The van der Waals surface area contributed by atoms with Crippen molar-refractivity contribution in [2.24, 2.45) is 0 Å². The Kier molecular flexibility index (Phi) is 2.68. The highest BCUT2D eigenvalue weighted by Gasteiger charge is 2.11. The van der Waals surface area contributed by atoms with Crippen molar-refractivity contribution in [2.45, 2.75) is 19.8 Å². The Morgan fingerprint density at radius 3 is 2.80 bits per heavy atom. The van der Waals surface area contributed by atoms with Gasteiger partial charge in [0.1, 0.15) is 5.15 Å². The van der Waals surface area contributed by atoms with Crippen molar-refractivity contribution < 1.29 is 4.52 Å². The van der Waals surface area contributed by atoms with Gasteiger partial charge in [-0.3, -0.25) is 0 Å². The summed E-state index contributed by atoms with van der Waals surface area (Å²) in [6, 6.07) is 3.50. The van der Waals surface area contributed by atoms with E-state index in [-0.39, 0.29) is 5.92 Å². The van der Waals surface area contributed by atoms with Crippen LogP contribution in [0.2, 0.25) is 5.15 Å². The van der Waals surface area contributed by atoms with E-state index in [9.17, 15) is 0 Å². The molecule has 0 aromatic carbocycles. The Morgan fingerprint density at radius 1 is 1.40 bits per heavy atom. The van der Waals surface area contributed by atoms with Crippen LogP contribution in [0.1, 0.15) is 25.7 Å². The smallest absolute Gasteiger partial charge is 0.229 e. The SMILES string of the molecule is CC(C)c1nc(-c2ccnc(Cl)c2)no1. The van der Waals surface area contributed by atoms with Crippen LogP contribution in [0.25, 0.3) is 11.4 Å². The lowest BCUT2D eigenvalue weighted by atomic mass is 10.2. The van der Waals surface area contributed by atoms with E-state index < -0.39 is 0 Å². The lowest BCUT2D eigenvalue weighted by Gasteiger charge is -1.94. The molecule has 0 saturated carbocycles. The van der Waals surface area contributed by atoms with Crippen molar-refractivity contribution in [3.63, 3.8) is 0 Å². The highest BCUT2D eigenvalue weighted by Crippen LogP contribution is 2.20. The predicted octanol–water partition coefficient (Wildman–Crippen LogP) is 2.91. The summed E-state index contributed by atoms with van der Waals surface area (Å²) in [5, 5.41) is 4.30. The summed E-state index contributed by atoms with van der Waals surface area (Å²) in [5.74, 6) is 1.39. The second kappa shape index (κ2) is 3.98. The van der Waals surface area contributed by atoms with Crippen LogP contribution in [-0.2, 0) is 0 Å². The Hall–Kier alpha value is -1.42. The minimum atomic E-state index is 0.226. The molecule has 2 rings (SSSR count). The van der Waals surface area contributed by atoms with E-state index in [1.54, 1.807) is 18.3 Å². The molecule has 78 valence electrons.